The maximum absolute atomic E-state index is 11.7. The topological polar surface area (TPSA) is 29.1 Å². The number of hydrogen-bond donors (Lipinski definition) is 1. The van der Waals surface area contributed by atoms with Gasteiger partial charge in [0.2, 0.25) is 0 Å². The number of fused-ring (bicyclic) bond motifs is 1. The molecule has 0 saturated carbocycles. The average Bonchev–Trinajstić information content (AvgIpc) is 2.27. The van der Waals surface area contributed by atoms with E-state index in [-0.39, 0.29) is 11.9 Å². The van der Waals surface area contributed by atoms with Gasteiger partial charge in [-0.25, -0.2) is 0 Å². The number of thioether (sulfide) groups is 1. The summed E-state index contributed by atoms with van der Waals surface area (Å²) in [5.41, 5.74) is 1.95. The summed E-state index contributed by atoms with van der Waals surface area (Å²) >= 11 is 1.75. The maximum Gasteiger partial charge on any atom is 0.252 e. The molecule has 1 aliphatic rings. The van der Waals surface area contributed by atoms with Crippen LogP contribution in [0.4, 0.5) is 0 Å². The largest absolute Gasteiger partial charge is 0.349 e. The molecular formula is C11H13NOS. The molecule has 1 aromatic rings. The number of carbonyl (C=O) groups excluding carboxylic acids is 1. The molecule has 1 aromatic carbocycles. The molecule has 0 saturated heterocycles. The molecule has 3 heteroatoms. The summed E-state index contributed by atoms with van der Waals surface area (Å²) in [6.07, 6.45) is 0. The minimum Gasteiger partial charge on any atom is -0.349 e. The van der Waals surface area contributed by atoms with Gasteiger partial charge in [-0.3, -0.25) is 4.79 Å². The van der Waals surface area contributed by atoms with Crippen LogP contribution in [0.5, 0.6) is 0 Å². The highest BCUT2D eigenvalue weighted by Crippen LogP contribution is 2.26. The molecule has 1 N–H and O–H groups in total. The number of nitrogens with one attached hydrogen (secondary N) is 1. The quantitative estimate of drug-likeness (QED) is 0.706. The number of carbonyl (C=O) groups is 1. The van der Waals surface area contributed by atoms with Crippen molar-refractivity contribution in [2.75, 3.05) is 5.75 Å². The lowest BCUT2D eigenvalue weighted by atomic mass is 10.1. The normalized spacial score (nSPS) is 21.0. The van der Waals surface area contributed by atoms with Gasteiger partial charge in [0.05, 0.1) is 5.56 Å². The second-order valence-corrected chi connectivity index (χ2v) is 4.75. The maximum atomic E-state index is 11.7. The SMILES string of the molecule is Cc1ccc2c(c1)C(=O)NC(C)CS2. The Morgan fingerprint density at radius 2 is 2.29 bits per heavy atom. The van der Waals surface area contributed by atoms with Crippen molar-refractivity contribution in [3.63, 3.8) is 0 Å². The van der Waals surface area contributed by atoms with Gasteiger partial charge in [0.1, 0.15) is 0 Å². The Morgan fingerprint density at radius 3 is 3.07 bits per heavy atom. The van der Waals surface area contributed by atoms with Crippen LogP contribution in [0, 0.1) is 6.92 Å². The van der Waals surface area contributed by atoms with Gasteiger partial charge < -0.3 is 5.32 Å². The Kier molecular flexibility index (Phi) is 2.50. The summed E-state index contributed by atoms with van der Waals surface area (Å²) in [5.74, 6) is 1.00. The Bertz CT molecular complexity index is 376. The van der Waals surface area contributed by atoms with Crippen LogP contribution in [-0.2, 0) is 0 Å². The first-order valence-electron chi connectivity index (χ1n) is 4.71. The summed E-state index contributed by atoms with van der Waals surface area (Å²) in [6, 6.07) is 6.29. The van der Waals surface area contributed by atoms with Crippen LogP contribution in [0.3, 0.4) is 0 Å². The van der Waals surface area contributed by atoms with Gasteiger partial charge in [0.15, 0.2) is 0 Å². The van der Waals surface area contributed by atoms with Gasteiger partial charge in [0.25, 0.3) is 5.91 Å². The zero-order valence-corrected chi connectivity index (χ0v) is 9.15. The molecule has 0 spiro atoms. The van der Waals surface area contributed by atoms with E-state index >= 15 is 0 Å². The average molecular weight is 207 g/mol. The molecule has 0 aliphatic carbocycles. The Labute approximate surface area is 88.1 Å². The van der Waals surface area contributed by atoms with Crippen molar-refractivity contribution in [1.82, 2.24) is 5.32 Å². The summed E-state index contributed by atoms with van der Waals surface area (Å²) in [5, 5.41) is 2.97. The summed E-state index contributed by atoms with van der Waals surface area (Å²) < 4.78 is 0. The third-order valence-corrected chi connectivity index (χ3v) is 3.58. The monoisotopic (exact) mass is 207 g/mol. The van der Waals surface area contributed by atoms with Crippen LogP contribution < -0.4 is 5.32 Å². The lowest BCUT2D eigenvalue weighted by Crippen LogP contribution is -2.32. The number of hydrogen-bond acceptors (Lipinski definition) is 2. The van der Waals surface area contributed by atoms with Crippen molar-refractivity contribution in [2.45, 2.75) is 24.8 Å². The zero-order chi connectivity index (χ0) is 10.1. The van der Waals surface area contributed by atoms with E-state index in [0.29, 0.717) is 0 Å². The molecule has 2 rings (SSSR count). The third kappa shape index (κ3) is 1.77. The van der Waals surface area contributed by atoms with Crippen LogP contribution >= 0.6 is 11.8 Å². The van der Waals surface area contributed by atoms with Crippen molar-refractivity contribution >= 4 is 17.7 Å². The van der Waals surface area contributed by atoms with Gasteiger partial charge >= 0.3 is 0 Å². The Balaban J connectivity index is 2.44. The fourth-order valence-corrected chi connectivity index (χ4v) is 2.49. The van der Waals surface area contributed by atoms with Crippen molar-refractivity contribution in [1.29, 1.82) is 0 Å². The predicted octanol–water partition coefficient (Wildman–Crippen LogP) is 2.22. The molecule has 1 atom stereocenters. The van der Waals surface area contributed by atoms with Crippen molar-refractivity contribution in [3.05, 3.63) is 29.3 Å². The molecule has 2 nitrogen and oxygen atoms in total. The van der Waals surface area contributed by atoms with Crippen LogP contribution in [0.25, 0.3) is 0 Å². The van der Waals surface area contributed by atoms with Crippen molar-refractivity contribution < 1.29 is 4.79 Å². The van der Waals surface area contributed by atoms with Gasteiger partial charge in [0, 0.05) is 16.7 Å². The molecule has 1 heterocycles. The summed E-state index contributed by atoms with van der Waals surface area (Å²) in [4.78, 5) is 12.8. The third-order valence-electron chi connectivity index (χ3n) is 2.25. The van der Waals surface area contributed by atoms with Crippen LogP contribution in [0.1, 0.15) is 22.8 Å². The fourth-order valence-electron chi connectivity index (χ4n) is 1.51. The predicted molar refractivity (Wildman–Crippen MR) is 58.8 cm³/mol. The van der Waals surface area contributed by atoms with E-state index in [1.54, 1.807) is 11.8 Å². The highest BCUT2D eigenvalue weighted by molar-refractivity contribution is 7.99. The van der Waals surface area contributed by atoms with E-state index in [2.05, 4.69) is 11.4 Å². The summed E-state index contributed by atoms with van der Waals surface area (Å²) in [7, 11) is 0. The lowest BCUT2D eigenvalue weighted by Gasteiger charge is -2.07. The van der Waals surface area contributed by atoms with Crippen molar-refractivity contribution in [2.24, 2.45) is 0 Å². The molecule has 0 fully saturated rings. The van der Waals surface area contributed by atoms with E-state index in [1.165, 1.54) is 0 Å². The second-order valence-electron chi connectivity index (χ2n) is 3.69. The molecule has 1 amide bonds. The first kappa shape index (κ1) is 9.59. The van der Waals surface area contributed by atoms with Gasteiger partial charge in [-0.1, -0.05) is 11.6 Å². The standard InChI is InChI=1S/C11H13NOS/c1-7-3-4-10-9(5-7)11(13)12-8(2)6-14-10/h3-5,8H,6H2,1-2H3,(H,12,13). The number of rotatable bonds is 0. The smallest absolute Gasteiger partial charge is 0.252 e. The lowest BCUT2D eigenvalue weighted by molar-refractivity contribution is 0.0942. The van der Waals surface area contributed by atoms with Crippen LogP contribution in [0.15, 0.2) is 23.1 Å². The van der Waals surface area contributed by atoms with E-state index < -0.39 is 0 Å². The number of aryl methyl sites for hydroxylation is 1. The molecule has 74 valence electrons. The number of benzene rings is 1. The minimum atomic E-state index is 0.0567. The van der Waals surface area contributed by atoms with E-state index in [0.717, 1.165) is 21.8 Å². The first-order chi connectivity index (χ1) is 6.66. The fraction of sp³-hybridized carbons (Fsp3) is 0.364. The molecule has 1 unspecified atom stereocenters. The molecular weight excluding hydrogens is 194 g/mol. The van der Waals surface area contributed by atoms with E-state index in [9.17, 15) is 4.79 Å². The minimum absolute atomic E-state index is 0.0567. The molecule has 1 aliphatic heterocycles. The molecule has 0 aromatic heterocycles. The first-order valence-corrected chi connectivity index (χ1v) is 5.69. The van der Waals surface area contributed by atoms with Crippen LogP contribution in [-0.4, -0.2) is 17.7 Å². The highest BCUT2D eigenvalue weighted by atomic mass is 32.2. The molecule has 14 heavy (non-hydrogen) atoms. The Hall–Kier alpha value is -0.960. The van der Waals surface area contributed by atoms with Gasteiger partial charge in [-0.05, 0) is 26.0 Å². The van der Waals surface area contributed by atoms with Crippen LogP contribution in [0.2, 0.25) is 0 Å². The van der Waals surface area contributed by atoms with Gasteiger partial charge in [-0.2, -0.15) is 0 Å². The van der Waals surface area contributed by atoms with Crippen molar-refractivity contribution in [3.8, 4) is 0 Å². The number of amides is 1. The van der Waals surface area contributed by atoms with E-state index in [4.69, 9.17) is 0 Å². The molecule has 0 radical (unpaired) electrons. The second kappa shape index (κ2) is 3.65. The van der Waals surface area contributed by atoms with Gasteiger partial charge in [-0.15, -0.1) is 11.8 Å². The summed E-state index contributed by atoms with van der Waals surface area (Å²) in [6.45, 7) is 4.04. The highest BCUT2D eigenvalue weighted by Gasteiger charge is 2.18. The van der Waals surface area contributed by atoms with E-state index in [1.807, 2.05) is 26.0 Å². The molecule has 0 bridgehead atoms. The zero-order valence-electron chi connectivity index (χ0n) is 8.33. The Morgan fingerprint density at radius 1 is 1.50 bits per heavy atom.